The normalized spacial score (nSPS) is 11.0. The average molecular weight is 247 g/mol. The number of benzene rings is 1. The largest absolute Gasteiger partial charge is 0.497 e. The molecule has 0 aliphatic heterocycles. The highest BCUT2D eigenvalue weighted by molar-refractivity contribution is 6.00. The predicted octanol–water partition coefficient (Wildman–Crippen LogP) is 1.75. The smallest absolute Gasteiger partial charge is 0.352 e. The van der Waals surface area contributed by atoms with Crippen molar-refractivity contribution >= 4 is 11.7 Å². The van der Waals surface area contributed by atoms with Gasteiger partial charge in [-0.15, -0.1) is 0 Å². The molecule has 1 aromatic carbocycles. The number of esters is 1. The number of nitriles is 1. The third kappa shape index (κ3) is 2.80. The van der Waals surface area contributed by atoms with Crippen LogP contribution in [0.3, 0.4) is 0 Å². The summed E-state index contributed by atoms with van der Waals surface area (Å²) in [6.07, 6.45) is 0. The number of rotatable bonds is 4. The van der Waals surface area contributed by atoms with Crippen molar-refractivity contribution in [3.05, 3.63) is 35.4 Å². The fraction of sp³-hybridized carbons (Fsp3) is 0.231. The molecule has 0 saturated heterocycles. The minimum Gasteiger partial charge on any atom is -0.497 e. The van der Waals surface area contributed by atoms with Crippen LogP contribution < -0.4 is 4.74 Å². The molecule has 0 spiro atoms. The number of methoxy groups -OCH3 is 3. The molecule has 5 heteroatoms. The molecule has 0 saturated carbocycles. The highest BCUT2D eigenvalue weighted by Crippen LogP contribution is 2.22. The van der Waals surface area contributed by atoms with E-state index in [1.165, 1.54) is 14.2 Å². The Morgan fingerprint density at radius 2 is 1.72 bits per heavy atom. The zero-order valence-corrected chi connectivity index (χ0v) is 10.4. The predicted molar refractivity (Wildman–Crippen MR) is 64.6 cm³/mol. The first-order valence-electron chi connectivity index (χ1n) is 5.09. The summed E-state index contributed by atoms with van der Waals surface area (Å²) in [5.74, 6) is 0.114. The van der Waals surface area contributed by atoms with Gasteiger partial charge in [-0.3, -0.25) is 0 Å². The molecular formula is C13H13NO4. The SMILES string of the molecule is COC(=O)/C(C#N)=C(/OC)c1ccc(OC)cc1. The number of ether oxygens (including phenoxy) is 3. The summed E-state index contributed by atoms with van der Waals surface area (Å²) in [7, 11) is 4.15. The van der Waals surface area contributed by atoms with Crippen molar-refractivity contribution in [2.24, 2.45) is 0 Å². The van der Waals surface area contributed by atoms with Gasteiger partial charge in [0.15, 0.2) is 11.3 Å². The van der Waals surface area contributed by atoms with Gasteiger partial charge >= 0.3 is 5.97 Å². The second kappa shape index (κ2) is 6.30. The Hall–Kier alpha value is -2.48. The monoisotopic (exact) mass is 247 g/mol. The van der Waals surface area contributed by atoms with E-state index in [0.717, 1.165) is 0 Å². The molecule has 18 heavy (non-hydrogen) atoms. The minimum absolute atomic E-state index is 0.173. The van der Waals surface area contributed by atoms with Gasteiger partial charge in [-0.1, -0.05) is 0 Å². The summed E-state index contributed by atoms with van der Waals surface area (Å²) in [5, 5.41) is 8.98. The van der Waals surface area contributed by atoms with Gasteiger partial charge in [0.1, 0.15) is 11.8 Å². The average Bonchev–Trinajstić information content (AvgIpc) is 2.44. The molecule has 0 radical (unpaired) electrons. The van der Waals surface area contributed by atoms with Gasteiger partial charge in [-0.05, 0) is 24.3 Å². The maximum atomic E-state index is 11.4. The van der Waals surface area contributed by atoms with Crippen LogP contribution in [0, 0.1) is 11.3 Å². The van der Waals surface area contributed by atoms with Gasteiger partial charge in [-0.25, -0.2) is 4.79 Å². The van der Waals surface area contributed by atoms with Crippen molar-refractivity contribution in [2.75, 3.05) is 21.3 Å². The molecule has 0 aliphatic rings. The van der Waals surface area contributed by atoms with Gasteiger partial charge in [0.25, 0.3) is 0 Å². The summed E-state index contributed by atoms with van der Waals surface area (Å²) >= 11 is 0. The van der Waals surface area contributed by atoms with Crippen molar-refractivity contribution in [1.29, 1.82) is 5.26 Å². The maximum absolute atomic E-state index is 11.4. The van der Waals surface area contributed by atoms with E-state index in [2.05, 4.69) is 4.74 Å². The second-order valence-corrected chi connectivity index (χ2v) is 3.24. The summed E-state index contributed by atoms with van der Waals surface area (Å²) < 4.78 is 14.7. The van der Waals surface area contributed by atoms with E-state index in [0.29, 0.717) is 11.3 Å². The van der Waals surface area contributed by atoms with Gasteiger partial charge in [0, 0.05) is 5.56 Å². The highest BCUT2D eigenvalue weighted by Gasteiger charge is 2.18. The van der Waals surface area contributed by atoms with Crippen LogP contribution in [0.25, 0.3) is 5.76 Å². The highest BCUT2D eigenvalue weighted by atomic mass is 16.5. The van der Waals surface area contributed by atoms with Crippen LogP contribution in [0.15, 0.2) is 29.8 Å². The van der Waals surface area contributed by atoms with Crippen molar-refractivity contribution in [3.63, 3.8) is 0 Å². The second-order valence-electron chi connectivity index (χ2n) is 3.24. The lowest BCUT2D eigenvalue weighted by molar-refractivity contribution is -0.135. The Labute approximate surface area is 105 Å². The molecule has 0 amide bonds. The van der Waals surface area contributed by atoms with E-state index >= 15 is 0 Å². The molecule has 0 bridgehead atoms. The fourth-order valence-electron chi connectivity index (χ4n) is 1.40. The van der Waals surface area contributed by atoms with Crippen LogP contribution in [-0.2, 0) is 14.3 Å². The molecule has 0 atom stereocenters. The van der Waals surface area contributed by atoms with Crippen molar-refractivity contribution in [1.82, 2.24) is 0 Å². The lowest BCUT2D eigenvalue weighted by atomic mass is 10.1. The van der Waals surface area contributed by atoms with E-state index in [1.54, 1.807) is 37.4 Å². The molecule has 0 aliphatic carbocycles. The van der Waals surface area contributed by atoms with Crippen molar-refractivity contribution in [2.45, 2.75) is 0 Å². The van der Waals surface area contributed by atoms with E-state index in [1.807, 2.05) is 0 Å². The molecule has 0 heterocycles. The zero-order valence-electron chi connectivity index (χ0n) is 10.4. The quantitative estimate of drug-likeness (QED) is 0.351. The van der Waals surface area contributed by atoms with Crippen LogP contribution in [0.4, 0.5) is 0 Å². The molecule has 0 unspecified atom stereocenters. The molecule has 94 valence electrons. The summed E-state index contributed by atoms with van der Waals surface area (Å²) in [6, 6.07) is 8.58. The van der Waals surface area contributed by atoms with Crippen molar-refractivity contribution in [3.8, 4) is 11.8 Å². The number of carbonyl (C=O) groups is 1. The molecular weight excluding hydrogens is 234 g/mol. The zero-order chi connectivity index (χ0) is 13.5. The number of hydrogen-bond donors (Lipinski definition) is 0. The molecule has 0 N–H and O–H groups in total. The summed E-state index contributed by atoms with van der Waals surface area (Å²) in [6.45, 7) is 0. The molecule has 0 fully saturated rings. The minimum atomic E-state index is -0.731. The van der Waals surface area contributed by atoms with Gasteiger partial charge in [-0.2, -0.15) is 5.26 Å². The Kier molecular flexibility index (Phi) is 4.76. The Balaban J connectivity index is 3.26. The van der Waals surface area contributed by atoms with Crippen LogP contribution >= 0.6 is 0 Å². The third-order valence-electron chi connectivity index (χ3n) is 2.28. The maximum Gasteiger partial charge on any atom is 0.352 e. The molecule has 5 nitrogen and oxygen atoms in total. The first-order chi connectivity index (χ1) is 8.67. The standard InChI is InChI=1S/C13H13NO4/c1-16-10-6-4-9(5-7-10)12(17-2)11(8-14)13(15)18-3/h4-7H,1-3H3/b12-11+. The van der Waals surface area contributed by atoms with Gasteiger partial charge in [0.2, 0.25) is 0 Å². The Morgan fingerprint density at radius 3 is 2.11 bits per heavy atom. The van der Waals surface area contributed by atoms with Crippen LogP contribution in [0.2, 0.25) is 0 Å². The Bertz CT molecular complexity index is 497. The molecule has 1 rings (SSSR count). The van der Waals surface area contributed by atoms with Gasteiger partial charge in [0.05, 0.1) is 21.3 Å². The van der Waals surface area contributed by atoms with E-state index in [9.17, 15) is 4.79 Å². The number of hydrogen-bond acceptors (Lipinski definition) is 5. The Morgan fingerprint density at radius 1 is 1.11 bits per heavy atom. The van der Waals surface area contributed by atoms with Crippen LogP contribution in [0.5, 0.6) is 5.75 Å². The lowest BCUT2D eigenvalue weighted by Gasteiger charge is -2.09. The first-order valence-corrected chi connectivity index (χ1v) is 5.09. The molecule has 1 aromatic rings. The third-order valence-corrected chi connectivity index (χ3v) is 2.28. The number of carbonyl (C=O) groups excluding carboxylic acids is 1. The van der Waals surface area contributed by atoms with E-state index in [4.69, 9.17) is 14.7 Å². The summed E-state index contributed by atoms with van der Waals surface area (Å²) in [5.41, 5.74) is 0.422. The topological polar surface area (TPSA) is 68.6 Å². The van der Waals surface area contributed by atoms with Crippen LogP contribution in [-0.4, -0.2) is 27.3 Å². The van der Waals surface area contributed by atoms with Crippen molar-refractivity contribution < 1.29 is 19.0 Å². The van der Waals surface area contributed by atoms with E-state index in [-0.39, 0.29) is 11.3 Å². The van der Waals surface area contributed by atoms with E-state index < -0.39 is 5.97 Å². The summed E-state index contributed by atoms with van der Waals surface area (Å²) in [4.78, 5) is 11.4. The lowest BCUT2D eigenvalue weighted by Crippen LogP contribution is -2.07. The number of nitrogens with zero attached hydrogens (tertiary/aromatic N) is 1. The van der Waals surface area contributed by atoms with Crippen LogP contribution in [0.1, 0.15) is 5.56 Å². The fourth-order valence-corrected chi connectivity index (χ4v) is 1.40. The molecule has 0 aromatic heterocycles. The van der Waals surface area contributed by atoms with Gasteiger partial charge < -0.3 is 14.2 Å². The first kappa shape index (κ1) is 13.6.